The SMILES string of the molecule is O=C1CCC(N2Cc3cc(C#CCCNCCOCCOCCOCCn4cc(-c5ccc(Nc6ncc7c(n6)-c6ccc(Cl)cc6C(c6c(F)cccc6F)=NC7)cc5)nn4)ccc3C2=O)C(=O)N1. The number of benzene rings is 4. The average Bonchev–Trinajstić information content (AvgIpc) is 3.92. The molecule has 0 radical (unpaired) electrons. The monoisotopic (exact) mass is 968 g/mol. The van der Waals surface area contributed by atoms with Crippen LogP contribution in [0.2, 0.25) is 5.02 Å². The zero-order chi connectivity index (χ0) is 48.4. The molecule has 4 aromatic carbocycles. The molecule has 3 amide bonds. The Kier molecular flexibility index (Phi) is 15.3. The molecule has 0 spiro atoms. The zero-order valence-electron chi connectivity index (χ0n) is 37.9. The summed E-state index contributed by atoms with van der Waals surface area (Å²) in [5.74, 6) is 4.27. The summed E-state index contributed by atoms with van der Waals surface area (Å²) < 4.78 is 48.6. The number of hydrogen-bond donors (Lipinski definition) is 3. The third kappa shape index (κ3) is 11.4. The van der Waals surface area contributed by atoms with Crippen LogP contribution in [-0.4, -0.2) is 112 Å². The summed E-state index contributed by atoms with van der Waals surface area (Å²) in [7, 11) is 0. The second kappa shape index (κ2) is 22.4. The van der Waals surface area contributed by atoms with E-state index in [0.29, 0.717) is 123 Å². The number of carbonyl (C=O) groups excluding carboxylic acids is 3. The van der Waals surface area contributed by atoms with Crippen molar-refractivity contribution in [1.82, 2.24) is 40.5 Å². The molecule has 0 saturated carbocycles. The van der Waals surface area contributed by atoms with Gasteiger partial charge in [0.05, 0.1) is 75.9 Å². The van der Waals surface area contributed by atoms with Crippen molar-refractivity contribution in [1.29, 1.82) is 0 Å². The molecule has 6 aromatic rings. The molecule has 2 aromatic heterocycles. The van der Waals surface area contributed by atoms with Crippen LogP contribution in [0.15, 0.2) is 96.2 Å². The number of carbonyl (C=O) groups is 3. The zero-order valence-corrected chi connectivity index (χ0v) is 38.6. The Hall–Kier alpha value is -7.27. The van der Waals surface area contributed by atoms with Crippen molar-refractivity contribution < 1.29 is 37.4 Å². The highest BCUT2D eigenvalue weighted by Crippen LogP contribution is 2.35. The summed E-state index contributed by atoms with van der Waals surface area (Å²) in [4.78, 5) is 52.1. The minimum absolute atomic E-state index is 0.116. The van der Waals surface area contributed by atoms with E-state index in [9.17, 15) is 23.2 Å². The van der Waals surface area contributed by atoms with Crippen LogP contribution in [0, 0.1) is 23.5 Å². The second-order valence-corrected chi connectivity index (χ2v) is 16.9. The first-order valence-corrected chi connectivity index (χ1v) is 23.2. The van der Waals surface area contributed by atoms with Gasteiger partial charge >= 0.3 is 0 Å². The molecule has 1 atom stereocenters. The molecule has 358 valence electrons. The van der Waals surface area contributed by atoms with Crippen molar-refractivity contribution in [2.45, 2.75) is 44.9 Å². The molecule has 0 aliphatic carbocycles. The van der Waals surface area contributed by atoms with Crippen molar-refractivity contribution in [3.63, 3.8) is 0 Å². The molecule has 19 heteroatoms. The van der Waals surface area contributed by atoms with Gasteiger partial charge in [0.15, 0.2) is 0 Å². The van der Waals surface area contributed by atoms with E-state index in [1.54, 1.807) is 35.1 Å². The number of nitrogens with zero attached hydrogens (tertiary/aromatic N) is 7. The van der Waals surface area contributed by atoms with Gasteiger partial charge in [-0.25, -0.2) is 23.4 Å². The van der Waals surface area contributed by atoms with Crippen molar-refractivity contribution in [2.75, 3.05) is 58.0 Å². The first kappa shape index (κ1) is 47.8. The Morgan fingerprint density at radius 3 is 2.41 bits per heavy atom. The van der Waals surface area contributed by atoms with Crippen LogP contribution < -0.4 is 16.0 Å². The van der Waals surface area contributed by atoms with E-state index < -0.39 is 23.6 Å². The van der Waals surface area contributed by atoms with Crippen molar-refractivity contribution in [3.05, 3.63) is 141 Å². The van der Waals surface area contributed by atoms with E-state index in [1.165, 1.54) is 23.1 Å². The quantitative estimate of drug-likeness (QED) is 0.0470. The van der Waals surface area contributed by atoms with Crippen LogP contribution in [0.5, 0.6) is 0 Å². The van der Waals surface area contributed by atoms with Gasteiger partial charge in [0.2, 0.25) is 17.8 Å². The fourth-order valence-electron chi connectivity index (χ4n) is 8.25. The van der Waals surface area contributed by atoms with E-state index in [1.807, 2.05) is 42.6 Å². The number of ether oxygens (including phenoxy) is 3. The van der Waals surface area contributed by atoms with Gasteiger partial charge in [-0.3, -0.25) is 24.7 Å². The summed E-state index contributed by atoms with van der Waals surface area (Å²) in [5, 5.41) is 17.8. The van der Waals surface area contributed by atoms with E-state index in [4.69, 9.17) is 30.8 Å². The normalized spacial score (nSPS) is 15.1. The number of amides is 3. The molecule has 0 bridgehead atoms. The number of anilines is 2. The molecule has 1 unspecified atom stereocenters. The summed E-state index contributed by atoms with van der Waals surface area (Å²) in [6.45, 7) is 5.10. The van der Waals surface area contributed by atoms with Gasteiger partial charge in [0.25, 0.3) is 5.91 Å². The summed E-state index contributed by atoms with van der Waals surface area (Å²) in [6, 6.07) is 21.3. The summed E-state index contributed by atoms with van der Waals surface area (Å²) >= 11 is 6.36. The first-order chi connectivity index (χ1) is 34.2. The third-order valence-electron chi connectivity index (χ3n) is 11.8. The first-order valence-electron chi connectivity index (χ1n) is 22.8. The van der Waals surface area contributed by atoms with E-state index in [-0.39, 0.29) is 36.1 Å². The maximum atomic E-state index is 14.9. The number of nitrogens with one attached hydrogen (secondary N) is 3. The van der Waals surface area contributed by atoms with Gasteiger partial charge in [-0.05, 0) is 66.6 Å². The van der Waals surface area contributed by atoms with E-state index in [2.05, 4.69) is 48.1 Å². The van der Waals surface area contributed by atoms with Gasteiger partial charge in [-0.2, -0.15) is 0 Å². The van der Waals surface area contributed by atoms with Gasteiger partial charge in [0, 0.05) is 82.8 Å². The molecule has 3 aliphatic heterocycles. The predicted octanol–water partition coefficient (Wildman–Crippen LogP) is 6.27. The molecule has 1 fully saturated rings. The number of piperidine rings is 1. The minimum Gasteiger partial charge on any atom is -0.378 e. The van der Waals surface area contributed by atoms with Crippen LogP contribution in [0.3, 0.4) is 0 Å². The highest BCUT2D eigenvalue weighted by atomic mass is 35.5. The Bertz CT molecular complexity index is 2990. The molecule has 70 heavy (non-hydrogen) atoms. The Balaban J connectivity index is 0.631. The highest BCUT2D eigenvalue weighted by Gasteiger charge is 2.39. The summed E-state index contributed by atoms with van der Waals surface area (Å²) in [5.41, 5.74) is 6.81. The van der Waals surface area contributed by atoms with Crippen LogP contribution >= 0.6 is 11.6 Å². The molecule has 5 heterocycles. The number of aromatic nitrogens is 5. The standard InChI is InChI=1S/C51H47ClF2N10O6/c52-36-10-14-39-40(27-36)48(46-41(53)5-3-6-42(46)54)56-28-35-29-57-51(60-47(35)39)58-37-11-8-33(9-12-37)43-31-63(62-61-43)19-21-69-23-25-70-24-22-68-20-18-55-17-2-1-4-32-7-13-38-34(26-32)30-64(50(38)67)44-15-16-45(65)59-49(44)66/h3,5-14,26-27,29,31,44,55H,2,15-25,28,30H2,(H,57,58,60)(H,59,65,66). The number of aliphatic imine (C=N–C) groups is 1. The Labute approximate surface area is 406 Å². The molecular formula is C51H47ClF2N10O6. The van der Waals surface area contributed by atoms with Crippen LogP contribution in [0.25, 0.3) is 22.5 Å². The maximum absolute atomic E-state index is 14.9. The lowest BCUT2D eigenvalue weighted by atomic mass is 9.95. The van der Waals surface area contributed by atoms with Gasteiger partial charge in [0.1, 0.15) is 23.4 Å². The predicted molar refractivity (Wildman–Crippen MR) is 256 cm³/mol. The number of imide groups is 1. The van der Waals surface area contributed by atoms with E-state index >= 15 is 0 Å². The minimum atomic E-state index is -0.721. The fourth-order valence-corrected chi connectivity index (χ4v) is 8.42. The van der Waals surface area contributed by atoms with Crippen LogP contribution in [-0.2, 0) is 43.4 Å². The maximum Gasteiger partial charge on any atom is 0.255 e. The van der Waals surface area contributed by atoms with Gasteiger partial charge in [-0.15, -0.1) is 5.10 Å². The molecular weight excluding hydrogens is 922 g/mol. The van der Waals surface area contributed by atoms with Crippen LogP contribution in [0.1, 0.15) is 57.4 Å². The Morgan fingerprint density at radius 1 is 0.843 bits per heavy atom. The number of hydrogen-bond acceptors (Lipinski definition) is 13. The smallest absolute Gasteiger partial charge is 0.255 e. The average molecular weight is 969 g/mol. The molecule has 1 saturated heterocycles. The molecule has 16 nitrogen and oxygen atoms in total. The lowest BCUT2D eigenvalue weighted by Gasteiger charge is -2.29. The van der Waals surface area contributed by atoms with Crippen molar-refractivity contribution in [2.24, 2.45) is 4.99 Å². The molecule has 9 rings (SSSR count). The third-order valence-corrected chi connectivity index (χ3v) is 12.0. The highest BCUT2D eigenvalue weighted by molar-refractivity contribution is 6.31. The number of fused-ring (bicyclic) bond motifs is 4. The second-order valence-electron chi connectivity index (χ2n) is 16.5. The molecule has 3 aliphatic rings. The van der Waals surface area contributed by atoms with Crippen molar-refractivity contribution in [3.8, 4) is 34.4 Å². The lowest BCUT2D eigenvalue weighted by Crippen LogP contribution is -2.52. The van der Waals surface area contributed by atoms with Crippen LogP contribution in [0.4, 0.5) is 20.4 Å². The largest absolute Gasteiger partial charge is 0.378 e. The summed E-state index contributed by atoms with van der Waals surface area (Å²) in [6.07, 6.45) is 4.71. The van der Waals surface area contributed by atoms with Crippen molar-refractivity contribution >= 4 is 46.7 Å². The fraction of sp³-hybridized carbons (Fsp3) is 0.294. The van der Waals surface area contributed by atoms with Gasteiger partial charge in [-0.1, -0.05) is 52.9 Å². The Morgan fingerprint density at radius 2 is 1.61 bits per heavy atom. The number of rotatable bonds is 19. The van der Waals surface area contributed by atoms with E-state index in [0.717, 1.165) is 22.4 Å². The van der Waals surface area contributed by atoms with Gasteiger partial charge < -0.3 is 29.7 Å². The molecule has 3 N–H and O–H groups in total. The topological polar surface area (TPSA) is 187 Å². The number of halogens is 3. The lowest BCUT2D eigenvalue weighted by molar-refractivity contribution is -0.136.